The zero-order valence-electron chi connectivity index (χ0n) is 12.6. The van der Waals surface area contributed by atoms with E-state index in [1.807, 2.05) is 25.3 Å². The van der Waals surface area contributed by atoms with Crippen LogP contribution < -0.4 is 10.1 Å². The van der Waals surface area contributed by atoms with Crippen molar-refractivity contribution >= 4 is 11.3 Å². The fourth-order valence-electron chi connectivity index (χ4n) is 2.49. The van der Waals surface area contributed by atoms with Gasteiger partial charge in [0.05, 0.1) is 18.4 Å². The number of methoxy groups -OCH3 is 1. The average Bonchev–Trinajstić information content (AvgIpc) is 3.03. The molecule has 0 bridgehead atoms. The third-order valence-corrected chi connectivity index (χ3v) is 4.46. The van der Waals surface area contributed by atoms with Crippen molar-refractivity contribution in [3.05, 3.63) is 33.6 Å². The quantitative estimate of drug-likeness (QED) is 0.850. The lowest BCUT2D eigenvalue weighted by Crippen LogP contribution is -2.20. The Hall–Kier alpha value is -1.33. The zero-order chi connectivity index (χ0) is 14.5. The SMILES string of the molecule is CCCC(NCc1c(C)nn(C)c1OC)c1cccs1. The van der Waals surface area contributed by atoms with E-state index < -0.39 is 0 Å². The summed E-state index contributed by atoms with van der Waals surface area (Å²) in [6.45, 7) is 5.03. The number of ether oxygens (including phenoxy) is 1. The van der Waals surface area contributed by atoms with Crippen LogP contribution in [0.2, 0.25) is 0 Å². The van der Waals surface area contributed by atoms with Crippen LogP contribution in [0.25, 0.3) is 0 Å². The molecule has 2 aromatic heterocycles. The number of hydrogen-bond acceptors (Lipinski definition) is 4. The maximum absolute atomic E-state index is 5.44. The summed E-state index contributed by atoms with van der Waals surface area (Å²) in [6, 6.07) is 4.72. The Labute approximate surface area is 124 Å². The van der Waals surface area contributed by atoms with Crippen molar-refractivity contribution in [1.82, 2.24) is 15.1 Å². The molecule has 4 nitrogen and oxygen atoms in total. The second-order valence-corrected chi connectivity index (χ2v) is 5.91. The molecule has 0 aliphatic carbocycles. The van der Waals surface area contributed by atoms with Gasteiger partial charge in [-0.05, 0) is 24.8 Å². The van der Waals surface area contributed by atoms with E-state index >= 15 is 0 Å². The third kappa shape index (κ3) is 3.22. The number of aromatic nitrogens is 2. The monoisotopic (exact) mass is 293 g/mol. The van der Waals surface area contributed by atoms with Gasteiger partial charge in [-0.2, -0.15) is 5.10 Å². The van der Waals surface area contributed by atoms with E-state index in [2.05, 4.69) is 34.9 Å². The van der Waals surface area contributed by atoms with Gasteiger partial charge in [-0.1, -0.05) is 19.4 Å². The van der Waals surface area contributed by atoms with Crippen LogP contribution >= 0.6 is 11.3 Å². The molecule has 0 radical (unpaired) electrons. The first-order valence-corrected chi connectivity index (χ1v) is 7.88. The van der Waals surface area contributed by atoms with Crippen molar-refractivity contribution in [3.8, 4) is 5.88 Å². The first-order chi connectivity index (χ1) is 9.67. The molecule has 0 saturated heterocycles. The standard InChI is InChI=1S/C15H23N3OS/c1-5-7-13(14-8-6-9-20-14)16-10-12-11(2)17-18(3)15(12)19-4/h6,8-9,13,16H,5,7,10H2,1-4H3. The van der Waals surface area contributed by atoms with E-state index in [4.69, 9.17) is 4.74 Å². The van der Waals surface area contributed by atoms with Crippen molar-refractivity contribution in [2.24, 2.45) is 7.05 Å². The zero-order valence-corrected chi connectivity index (χ0v) is 13.5. The molecular formula is C15H23N3OS. The lowest BCUT2D eigenvalue weighted by Gasteiger charge is -2.17. The Bertz CT molecular complexity index is 534. The Morgan fingerprint density at radius 3 is 2.90 bits per heavy atom. The summed E-state index contributed by atoms with van der Waals surface area (Å²) in [5.41, 5.74) is 2.17. The Morgan fingerprint density at radius 1 is 1.50 bits per heavy atom. The van der Waals surface area contributed by atoms with Crippen LogP contribution in [0.15, 0.2) is 17.5 Å². The van der Waals surface area contributed by atoms with Crippen LogP contribution in [0.5, 0.6) is 5.88 Å². The predicted octanol–water partition coefficient (Wildman–Crippen LogP) is 3.43. The molecule has 1 N–H and O–H groups in total. The molecule has 1 unspecified atom stereocenters. The summed E-state index contributed by atoms with van der Waals surface area (Å²) in [5, 5.41) is 10.2. The number of rotatable bonds is 7. The number of nitrogens with one attached hydrogen (secondary N) is 1. The molecular weight excluding hydrogens is 270 g/mol. The number of aryl methyl sites for hydroxylation is 2. The molecule has 2 aromatic rings. The maximum atomic E-state index is 5.44. The van der Waals surface area contributed by atoms with E-state index in [-0.39, 0.29) is 0 Å². The molecule has 2 rings (SSSR count). The lowest BCUT2D eigenvalue weighted by atomic mass is 10.1. The molecule has 0 aromatic carbocycles. The summed E-state index contributed by atoms with van der Waals surface area (Å²) >= 11 is 1.81. The van der Waals surface area contributed by atoms with E-state index in [0.717, 1.165) is 30.1 Å². The fraction of sp³-hybridized carbons (Fsp3) is 0.533. The molecule has 5 heteroatoms. The van der Waals surface area contributed by atoms with Gasteiger partial charge in [0.15, 0.2) is 0 Å². The minimum absolute atomic E-state index is 0.407. The largest absolute Gasteiger partial charge is 0.481 e. The molecule has 0 fully saturated rings. The number of nitrogens with zero attached hydrogens (tertiary/aromatic N) is 2. The highest BCUT2D eigenvalue weighted by Crippen LogP contribution is 2.26. The molecule has 0 amide bonds. The highest BCUT2D eigenvalue weighted by molar-refractivity contribution is 7.10. The smallest absolute Gasteiger partial charge is 0.216 e. The van der Waals surface area contributed by atoms with Crippen molar-refractivity contribution in [3.63, 3.8) is 0 Å². The predicted molar refractivity (Wildman–Crippen MR) is 83.3 cm³/mol. The lowest BCUT2D eigenvalue weighted by molar-refractivity contribution is 0.366. The van der Waals surface area contributed by atoms with Crippen molar-refractivity contribution in [2.45, 2.75) is 39.3 Å². The van der Waals surface area contributed by atoms with Crippen molar-refractivity contribution in [1.29, 1.82) is 0 Å². The van der Waals surface area contributed by atoms with Crippen molar-refractivity contribution in [2.75, 3.05) is 7.11 Å². The van der Waals surface area contributed by atoms with E-state index in [9.17, 15) is 0 Å². The van der Waals surface area contributed by atoms with Crippen LogP contribution in [0.4, 0.5) is 0 Å². The van der Waals surface area contributed by atoms with Gasteiger partial charge in [0.25, 0.3) is 0 Å². The van der Waals surface area contributed by atoms with Gasteiger partial charge >= 0.3 is 0 Å². The van der Waals surface area contributed by atoms with Gasteiger partial charge in [0.1, 0.15) is 0 Å². The minimum atomic E-state index is 0.407. The van der Waals surface area contributed by atoms with Gasteiger partial charge in [-0.25, -0.2) is 4.68 Å². The Balaban J connectivity index is 2.10. The maximum Gasteiger partial charge on any atom is 0.216 e. The van der Waals surface area contributed by atoms with Gasteiger partial charge in [0.2, 0.25) is 5.88 Å². The minimum Gasteiger partial charge on any atom is -0.481 e. The summed E-state index contributed by atoms with van der Waals surface area (Å²) < 4.78 is 7.24. The number of hydrogen-bond donors (Lipinski definition) is 1. The van der Waals surface area contributed by atoms with E-state index in [1.165, 1.54) is 11.3 Å². The van der Waals surface area contributed by atoms with Crippen LogP contribution in [-0.2, 0) is 13.6 Å². The molecule has 20 heavy (non-hydrogen) atoms. The first-order valence-electron chi connectivity index (χ1n) is 7.00. The third-order valence-electron chi connectivity index (χ3n) is 3.47. The van der Waals surface area contributed by atoms with Gasteiger partial charge in [-0.3, -0.25) is 0 Å². The van der Waals surface area contributed by atoms with Crippen LogP contribution in [0.1, 0.15) is 41.9 Å². The molecule has 1 atom stereocenters. The summed E-state index contributed by atoms with van der Waals surface area (Å²) in [4.78, 5) is 1.40. The van der Waals surface area contributed by atoms with Gasteiger partial charge < -0.3 is 10.1 Å². The molecule has 0 aliphatic rings. The summed E-state index contributed by atoms with van der Waals surface area (Å²) in [7, 11) is 3.61. The summed E-state index contributed by atoms with van der Waals surface area (Å²) in [5.74, 6) is 0.844. The highest BCUT2D eigenvalue weighted by Gasteiger charge is 2.16. The normalized spacial score (nSPS) is 12.6. The van der Waals surface area contributed by atoms with Crippen LogP contribution in [-0.4, -0.2) is 16.9 Å². The van der Waals surface area contributed by atoms with Crippen molar-refractivity contribution < 1.29 is 4.74 Å². The van der Waals surface area contributed by atoms with Gasteiger partial charge in [-0.15, -0.1) is 11.3 Å². The van der Waals surface area contributed by atoms with Gasteiger partial charge in [0, 0.05) is 24.5 Å². The second kappa shape index (κ2) is 6.90. The summed E-state index contributed by atoms with van der Waals surface area (Å²) in [6.07, 6.45) is 2.31. The van der Waals surface area contributed by atoms with Crippen LogP contribution in [0.3, 0.4) is 0 Å². The molecule has 2 heterocycles. The fourth-order valence-corrected chi connectivity index (χ4v) is 3.32. The average molecular weight is 293 g/mol. The van der Waals surface area contributed by atoms with Crippen LogP contribution in [0, 0.1) is 6.92 Å². The molecule has 110 valence electrons. The second-order valence-electron chi connectivity index (χ2n) is 4.93. The van der Waals surface area contributed by atoms with E-state index in [0.29, 0.717) is 6.04 Å². The number of thiophene rings is 1. The molecule has 0 spiro atoms. The van der Waals surface area contributed by atoms with E-state index in [1.54, 1.807) is 11.8 Å². The Kier molecular flexibility index (Phi) is 5.20. The Morgan fingerprint density at radius 2 is 2.30 bits per heavy atom. The molecule has 0 saturated carbocycles. The molecule has 0 aliphatic heterocycles. The topological polar surface area (TPSA) is 39.1 Å². The highest BCUT2D eigenvalue weighted by atomic mass is 32.1. The first kappa shape index (κ1) is 15.1.